The van der Waals surface area contributed by atoms with Crippen LogP contribution in [0.2, 0.25) is 0 Å². The summed E-state index contributed by atoms with van der Waals surface area (Å²) in [5.74, 6) is -2.18. The van der Waals surface area contributed by atoms with Crippen molar-refractivity contribution in [2.24, 2.45) is 5.92 Å². The van der Waals surface area contributed by atoms with E-state index >= 15 is 0 Å². The lowest BCUT2D eigenvalue weighted by Gasteiger charge is -2.32. The van der Waals surface area contributed by atoms with Crippen molar-refractivity contribution in [2.75, 3.05) is 44.7 Å². The Bertz CT molecular complexity index is 2340. The first-order valence-electron chi connectivity index (χ1n) is 21.2. The molecule has 7 rings (SSSR count). The SMILES string of the molecule is O=C(/C=C/c1cccnc1)NCCCCC1CCN(C(=O)c2ccc(C(=O)NCc3cn(CCOCCNc4cccc5c4C(=O)N(C4CCC(=O)NC4=O)C5=O)nn3)cc2)CC1. The number of hydrogen-bond donors (Lipinski definition) is 4. The standard InChI is InChI=1S/C45H50N10O8/c56-38(15-9-31-6-4-19-46-27-31)48-20-2-1-5-30-17-22-53(23-18-30)43(60)33-12-10-32(11-13-33)41(58)49-28-34-29-54(52-51-34)24-26-63-25-21-47-36-8-3-7-35-40(36)45(62)55(44(35)61)37-14-16-39(57)50-42(37)59/h3-4,6-13,15,19,27,29-30,37,47H,1-2,5,14,16-18,20-26,28H2,(H,48,56)(H,49,58)(H,50,57,59)/b15-9+. The van der Waals surface area contributed by atoms with Crippen LogP contribution in [0, 0.1) is 5.92 Å². The first kappa shape index (κ1) is 44.0. The van der Waals surface area contributed by atoms with Gasteiger partial charge in [-0.05, 0) is 85.7 Å². The van der Waals surface area contributed by atoms with Crippen molar-refractivity contribution in [3.05, 3.63) is 113 Å². The number of nitrogens with zero attached hydrogens (tertiary/aromatic N) is 6. The second-order valence-electron chi connectivity index (χ2n) is 15.6. The Morgan fingerprint density at radius 1 is 0.873 bits per heavy atom. The minimum atomic E-state index is -1.04. The van der Waals surface area contributed by atoms with E-state index in [1.165, 1.54) is 12.1 Å². The van der Waals surface area contributed by atoms with Crippen LogP contribution in [0.25, 0.3) is 6.08 Å². The number of fused-ring (bicyclic) bond motifs is 1. The minimum absolute atomic E-state index is 0.0447. The van der Waals surface area contributed by atoms with Gasteiger partial charge in [0.15, 0.2) is 0 Å². The van der Waals surface area contributed by atoms with E-state index in [2.05, 4.69) is 36.6 Å². The number of carbonyl (C=O) groups is 7. The molecule has 4 aromatic rings. The Morgan fingerprint density at radius 3 is 2.46 bits per heavy atom. The summed E-state index contributed by atoms with van der Waals surface area (Å²) in [5, 5.41) is 19.3. The molecule has 18 heteroatoms. The van der Waals surface area contributed by atoms with E-state index in [9.17, 15) is 33.6 Å². The topological polar surface area (TPSA) is 227 Å². The van der Waals surface area contributed by atoms with Crippen LogP contribution in [0.15, 0.2) is 79.3 Å². The quantitative estimate of drug-likeness (QED) is 0.0607. The zero-order valence-corrected chi connectivity index (χ0v) is 34.8. The summed E-state index contributed by atoms with van der Waals surface area (Å²) >= 11 is 0. The molecule has 18 nitrogen and oxygen atoms in total. The molecule has 1 atom stereocenters. The van der Waals surface area contributed by atoms with Gasteiger partial charge in [-0.15, -0.1) is 5.10 Å². The lowest BCUT2D eigenvalue weighted by Crippen LogP contribution is -2.54. The second kappa shape index (κ2) is 21.1. The summed E-state index contributed by atoms with van der Waals surface area (Å²) in [6, 6.07) is 14.2. The number of imide groups is 2. The number of unbranched alkanes of at least 4 members (excludes halogenated alkanes) is 1. The third-order valence-corrected chi connectivity index (χ3v) is 11.3. The van der Waals surface area contributed by atoms with Crippen molar-refractivity contribution in [1.29, 1.82) is 0 Å². The molecule has 7 amide bonds. The molecule has 2 aromatic carbocycles. The van der Waals surface area contributed by atoms with E-state index < -0.39 is 29.7 Å². The van der Waals surface area contributed by atoms with E-state index in [0.717, 1.165) is 42.6 Å². The van der Waals surface area contributed by atoms with Gasteiger partial charge in [-0.1, -0.05) is 30.2 Å². The highest BCUT2D eigenvalue weighted by molar-refractivity contribution is 6.25. The third-order valence-electron chi connectivity index (χ3n) is 11.3. The van der Waals surface area contributed by atoms with Gasteiger partial charge in [-0.25, -0.2) is 4.68 Å². The van der Waals surface area contributed by atoms with Gasteiger partial charge in [0, 0.05) is 67.9 Å². The Balaban J connectivity index is 0.752. The van der Waals surface area contributed by atoms with Crippen LogP contribution in [0.1, 0.15) is 97.6 Å². The molecule has 0 saturated carbocycles. The number of carbonyl (C=O) groups excluding carboxylic acids is 7. The number of rotatable bonds is 19. The van der Waals surface area contributed by atoms with Crippen molar-refractivity contribution in [3.8, 4) is 0 Å². The van der Waals surface area contributed by atoms with E-state index in [1.807, 2.05) is 17.0 Å². The fraction of sp³-hybridized carbons (Fsp3) is 0.378. The highest BCUT2D eigenvalue weighted by Gasteiger charge is 2.45. The number of piperidine rings is 2. The highest BCUT2D eigenvalue weighted by Crippen LogP contribution is 2.32. The van der Waals surface area contributed by atoms with E-state index in [0.29, 0.717) is 67.8 Å². The molecule has 0 spiro atoms. The molecule has 3 aliphatic heterocycles. The lowest BCUT2D eigenvalue weighted by molar-refractivity contribution is -0.136. The van der Waals surface area contributed by atoms with Crippen molar-refractivity contribution in [1.82, 2.24) is 45.7 Å². The maximum atomic E-state index is 13.3. The number of hydrogen-bond acceptors (Lipinski definition) is 12. The summed E-state index contributed by atoms with van der Waals surface area (Å²) in [4.78, 5) is 95.3. The molecule has 3 aliphatic rings. The largest absolute Gasteiger partial charge is 0.382 e. The number of pyridine rings is 1. The maximum absolute atomic E-state index is 13.3. The molecule has 0 bridgehead atoms. The zero-order chi connectivity index (χ0) is 44.1. The zero-order valence-electron chi connectivity index (χ0n) is 34.8. The van der Waals surface area contributed by atoms with Gasteiger partial charge in [0.1, 0.15) is 11.7 Å². The number of ether oxygens (including phenoxy) is 1. The molecule has 4 N–H and O–H groups in total. The van der Waals surface area contributed by atoms with Crippen LogP contribution in [0.5, 0.6) is 0 Å². The van der Waals surface area contributed by atoms with Gasteiger partial charge in [0.2, 0.25) is 17.7 Å². The number of anilines is 1. The number of amides is 7. The molecular weight excluding hydrogens is 809 g/mol. The van der Waals surface area contributed by atoms with E-state index in [-0.39, 0.29) is 54.8 Å². The average molecular weight is 859 g/mol. The molecule has 2 saturated heterocycles. The van der Waals surface area contributed by atoms with Crippen LogP contribution in [-0.2, 0) is 32.2 Å². The first-order chi connectivity index (χ1) is 30.6. The maximum Gasteiger partial charge on any atom is 0.264 e. The van der Waals surface area contributed by atoms with Crippen LogP contribution in [0.4, 0.5) is 5.69 Å². The van der Waals surface area contributed by atoms with Gasteiger partial charge < -0.3 is 25.6 Å². The third kappa shape index (κ3) is 11.4. The molecule has 0 radical (unpaired) electrons. The molecule has 1 unspecified atom stereocenters. The Kier molecular flexibility index (Phi) is 14.8. The van der Waals surface area contributed by atoms with Crippen molar-refractivity contribution < 1.29 is 38.3 Å². The lowest BCUT2D eigenvalue weighted by atomic mass is 9.91. The van der Waals surface area contributed by atoms with Gasteiger partial charge >= 0.3 is 0 Å². The Hall–Kier alpha value is -7.08. The van der Waals surface area contributed by atoms with Gasteiger partial charge in [-0.2, -0.15) is 0 Å². The van der Waals surface area contributed by atoms with Crippen LogP contribution < -0.4 is 21.3 Å². The molecular formula is C45H50N10O8. The predicted octanol–water partition coefficient (Wildman–Crippen LogP) is 2.99. The van der Waals surface area contributed by atoms with E-state index in [4.69, 9.17) is 4.74 Å². The second-order valence-corrected chi connectivity index (χ2v) is 15.6. The normalized spacial score (nSPS) is 16.6. The molecule has 0 aliphatic carbocycles. The van der Waals surface area contributed by atoms with Crippen molar-refractivity contribution in [2.45, 2.75) is 64.1 Å². The Morgan fingerprint density at radius 2 is 1.68 bits per heavy atom. The minimum Gasteiger partial charge on any atom is -0.382 e. The summed E-state index contributed by atoms with van der Waals surface area (Å²) in [5.41, 5.74) is 3.20. The molecule has 2 fully saturated rings. The predicted molar refractivity (Wildman–Crippen MR) is 229 cm³/mol. The average Bonchev–Trinajstić information content (AvgIpc) is 3.87. The van der Waals surface area contributed by atoms with Crippen molar-refractivity contribution in [3.63, 3.8) is 0 Å². The van der Waals surface area contributed by atoms with Crippen LogP contribution in [-0.4, -0.2) is 117 Å². The highest BCUT2D eigenvalue weighted by atomic mass is 16.5. The fourth-order valence-corrected chi connectivity index (χ4v) is 7.83. The molecule has 63 heavy (non-hydrogen) atoms. The first-order valence-corrected chi connectivity index (χ1v) is 21.2. The monoisotopic (exact) mass is 858 g/mol. The van der Waals surface area contributed by atoms with Gasteiger partial charge in [0.05, 0.1) is 43.6 Å². The summed E-state index contributed by atoms with van der Waals surface area (Å²) in [6.45, 7) is 3.47. The van der Waals surface area contributed by atoms with Crippen LogP contribution >= 0.6 is 0 Å². The van der Waals surface area contributed by atoms with Crippen LogP contribution in [0.3, 0.4) is 0 Å². The number of benzene rings is 2. The number of nitrogens with one attached hydrogen (secondary N) is 4. The van der Waals surface area contributed by atoms with Crippen molar-refractivity contribution >= 4 is 53.1 Å². The summed E-state index contributed by atoms with van der Waals surface area (Å²) in [6.07, 6.45) is 13.3. The number of likely N-dealkylation sites (tertiary alicyclic amines) is 1. The number of aromatic nitrogens is 4. The summed E-state index contributed by atoms with van der Waals surface area (Å²) in [7, 11) is 0. The fourth-order valence-electron chi connectivity index (χ4n) is 7.83. The Labute approximate surface area is 363 Å². The van der Waals surface area contributed by atoms with Gasteiger partial charge in [0.25, 0.3) is 23.6 Å². The molecule has 2 aromatic heterocycles. The molecule has 5 heterocycles. The summed E-state index contributed by atoms with van der Waals surface area (Å²) < 4.78 is 7.34. The van der Waals surface area contributed by atoms with E-state index in [1.54, 1.807) is 65.7 Å². The molecule has 328 valence electrons. The van der Waals surface area contributed by atoms with Gasteiger partial charge in [-0.3, -0.25) is 48.8 Å². The smallest absolute Gasteiger partial charge is 0.264 e.